The lowest BCUT2D eigenvalue weighted by atomic mass is 10.2. The summed E-state index contributed by atoms with van der Waals surface area (Å²) in [5.74, 6) is 0.773. The Balaban J connectivity index is 1.81. The average molecular weight is 210 g/mol. The third-order valence-corrected chi connectivity index (χ3v) is 2.86. The van der Waals surface area contributed by atoms with Crippen LogP contribution in [0.25, 0.3) is 0 Å². The molecule has 0 saturated carbocycles. The highest BCUT2D eigenvalue weighted by atomic mass is 16.5. The number of nitrogens with zero attached hydrogens (tertiary/aromatic N) is 3. The summed E-state index contributed by atoms with van der Waals surface area (Å²) < 4.78 is 4.73. The summed E-state index contributed by atoms with van der Waals surface area (Å²) in [5, 5.41) is 7.33. The maximum Gasteiger partial charge on any atom is 0.213 e. The fourth-order valence-electron chi connectivity index (χ4n) is 1.99. The molecule has 1 aliphatic rings. The molecule has 0 aromatic carbocycles. The highest BCUT2D eigenvalue weighted by molar-refractivity contribution is 4.82. The predicted molar refractivity (Wildman–Crippen MR) is 56.3 cm³/mol. The molecule has 2 heterocycles. The van der Waals surface area contributed by atoms with Gasteiger partial charge in [-0.2, -0.15) is 4.98 Å². The van der Waals surface area contributed by atoms with E-state index in [1.54, 1.807) is 0 Å². The van der Waals surface area contributed by atoms with Gasteiger partial charge in [0.05, 0.1) is 6.54 Å². The molecule has 5 nitrogen and oxygen atoms in total. The monoisotopic (exact) mass is 210 g/mol. The van der Waals surface area contributed by atoms with Crippen LogP contribution in [0.15, 0.2) is 10.9 Å². The van der Waals surface area contributed by atoms with Gasteiger partial charge in [0.25, 0.3) is 0 Å². The first-order chi connectivity index (χ1) is 7.38. The Kier molecular flexibility index (Phi) is 3.69. The second kappa shape index (κ2) is 5.23. The van der Waals surface area contributed by atoms with Gasteiger partial charge in [-0.3, -0.25) is 4.90 Å². The lowest BCUT2D eigenvalue weighted by molar-refractivity contribution is 0.244. The van der Waals surface area contributed by atoms with Crippen molar-refractivity contribution in [3.8, 4) is 0 Å². The van der Waals surface area contributed by atoms with Gasteiger partial charge in [-0.15, -0.1) is 0 Å². The molecule has 1 aliphatic heterocycles. The Bertz CT molecular complexity index is 269. The molecule has 1 unspecified atom stereocenters. The van der Waals surface area contributed by atoms with Crippen molar-refractivity contribution in [1.29, 1.82) is 0 Å². The summed E-state index contributed by atoms with van der Waals surface area (Å²) in [4.78, 5) is 6.38. The van der Waals surface area contributed by atoms with E-state index in [1.165, 1.54) is 19.2 Å². The number of hydrogen-bond acceptors (Lipinski definition) is 5. The Morgan fingerprint density at radius 2 is 2.60 bits per heavy atom. The number of rotatable bonds is 5. The van der Waals surface area contributed by atoms with E-state index < -0.39 is 0 Å². The highest BCUT2D eigenvalue weighted by Crippen LogP contribution is 2.08. The van der Waals surface area contributed by atoms with Crippen LogP contribution in [0, 0.1) is 0 Å². The van der Waals surface area contributed by atoms with Gasteiger partial charge < -0.3 is 9.84 Å². The maximum atomic E-state index is 4.73. The second-order valence-electron chi connectivity index (χ2n) is 3.97. The minimum Gasteiger partial charge on any atom is -0.343 e. The molecule has 0 bridgehead atoms. The van der Waals surface area contributed by atoms with Crippen LogP contribution >= 0.6 is 0 Å². The van der Waals surface area contributed by atoms with Crippen LogP contribution in [0.5, 0.6) is 0 Å². The molecule has 1 N–H and O–H groups in total. The molecule has 1 aromatic heterocycles. The van der Waals surface area contributed by atoms with Crippen LogP contribution in [-0.2, 0) is 6.54 Å². The Morgan fingerprint density at radius 3 is 3.20 bits per heavy atom. The van der Waals surface area contributed by atoms with Crippen molar-refractivity contribution in [3.05, 3.63) is 12.2 Å². The van der Waals surface area contributed by atoms with E-state index in [2.05, 4.69) is 27.3 Å². The largest absolute Gasteiger partial charge is 0.343 e. The number of hydrogen-bond donors (Lipinski definition) is 1. The smallest absolute Gasteiger partial charge is 0.213 e. The molecule has 2 rings (SSSR count). The number of likely N-dealkylation sites (N-methyl/N-ethyl adjacent to an activating group) is 1. The van der Waals surface area contributed by atoms with Gasteiger partial charge in [-0.25, -0.2) is 0 Å². The van der Waals surface area contributed by atoms with E-state index in [0.717, 1.165) is 32.0 Å². The van der Waals surface area contributed by atoms with Crippen molar-refractivity contribution in [2.75, 3.05) is 19.6 Å². The standard InChI is InChI=1S/C10H18N4O/c1-2-14(6-9-4-3-5-11-9)7-10-12-8-15-13-10/h8-9,11H,2-7H2,1H3. The van der Waals surface area contributed by atoms with E-state index in [0.29, 0.717) is 6.04 Å². The minimum atomic E-state index is 0.636. The van der Waals surface area contributed by atoms with E-state index >= 15 is 0 Å². The van der Waals surface area contributed by atoms with Gasteiger partial charge in [0, 0.05) is 12.6 Å². The summed E-state index contributed by atoms with van der Waals surface area (Å²) >= 11 is 0. The quantitative estimate of drug-likeness (QED) is 0.773. The van der Waals surface area contributed by atoms with Crippen molar-refractivity contribution in [1.82, 2.24) is 20.4 Å². The Labute approximate surface area is 89.8 Å². The van der Waals surface area contributed by atoms with Gasteiger partial charge in [-0.1, -0.05) is 12.1 Å². The van der Waals surface area contributed by atoms with Crippen LogP contribution in [-0.4, -0.2) is 40.7 Å². The molecule has 84 valence electrons. The molecular weight excluding hydrogens is 192 g/mol. The third kappa shape index (κ3) is 3.00. The molecule has 0 radical (unpaired) electrons. The van der Waals surface area contributed by atoms with Crippen LogP contribution in [0.2, 0.25) is 0 Å². The zero-order chi connectivity index (χ0) is 10.5. The molecule has 15 heavy (non-hydrogen) atoms. The summed E-state index contributed by atoms with van der Waals surface area (Å²) in [6.45, 7) is 6.20. The normalized spacial score (nSPS) is 21.3. The van der Waals surface area contributed by atoms with E-state index in [1.807, 2.05) is 0 Å². The van der Waals surface area contributed by atoms with Gasteiger partial charge >= 0.3 is 0 Å². The first-order valence-corrected chi connectivity index (χ1v) is 5.59. The second-order valence-corrected chi connectivity index (χ2v) is 3.97. The van der Waals surface area contributed by atoms with E-state index in [4.69, 9.17) is 4.52 Å². The molecule has 1 saturated heterocycles. The molecule has 0 amide bonds. The number of aromatic nitrogens is 2. The lowest BCUT2D eigenvalue weighted by Crippen LogP contribution is -2.37. The van der Waals surface area contributed by atoms with Crippen molar-refractivity contribution < 1.29 is 4.52 Å². The van der Waals surface area contributed by atoms with Crippen molar-refractivity contribution >= 4 is 0 Å². The van der Waals surface area contributed by atoms with Crippen LogP contribution in [0.1, 0.15) is 25.6 Å². The first-order valence-electron chi connectivity index (χ1n) is 5.59. The zero-order valence-corrected chi connectivity index (χ0v) is 9.15. The summed E-state index contributed by atoms with van der Waals surface area (Å²) in [6, 6.07) is 0.636. The third-order valence-electron chi connectivity index (χ3n) is 2.86. The molecule has 1 aromatic rings. The van der Waals surface area contributed by atoms with Gasteiger partial charge in [0.1, 0.15) is 0 Å². The molecule has 1 fully saturated rings. The molecule has 5 heteroatoms. The van der Waals surface area contributed by atoms with Crippen molar-refractivity contribution in [2.24, 2.45) is 0 Å². The predicted octanol–water partition coefficient (Wildman–Crippen LogP) is 0.643. The molecular formula is C10H18N4O. The minimum absolute atomic E-state index is 0.636. The van der Waals surface area contributed by atoms with Crippen LogP contribution in [0.3, 0.4) is 0 Å². The highest BCUT2D eigenvalue weighted by Gasteiger charge is 2.17. The van der Waals surface area contributed by atoms with Crippen molar-refractivity contribution in [3.63, 3.8) is 0 Å². The maximum absolute atomic E-state index is 4.73. The van der Waals surface area contributed by atoms with Crippen molar-refractivity contribution in [2.45, 2.75) is 32.4 Å². The van der Waals surface area contributed by atoms with E-state index in [9.17, 15) is 0 Å². The summed E-state index contributed by atoms with van der Waals surface area (Å²) in [7, 11) is 0. The van der Waals surface area contributed by atoms with Gasteiger partial charge in [-0.05, 0) is 25.9 Å². The fourth-order valence-corrected chi connectivity index (χ4v) is 1.99. The Morgan fingerprint density at radius 1 is 1.67 bits per heavy atom. The fraction of sp³-hybridized carbons (Fsp3) is 0.800. The summed E-state index contributed by atoms with van der Waals surface area (Å²) in [6.07, 6.45) is 3.96. The molecule has 0 spiro atoms. The zero-order valence-electron chi connectivity index (χ0n) is 9.15. The Hall–Kier alpha value is -0.940. The molecule has 0 aliphatic carbocycles. The first kappa shape index (κ1) is 10.6. The van der Waals surface area contributed by atoms with E-state index in [-0.39, 0.29) is 0 Å². The van der Waals surface area contributed by atoms with Crippen LogP contribution < -0.4 is 5.32 Å². The van der Waals surface area contributed by atoms with Crippen LogP contribution in [0.4, 0.5) is 0 Å². The van der Waals surface area contributed by atoms with Gasteiger partial charge in [0.2, 0.25) is 6.39 Å². The molecule has 1 atom stereocenters. The average Bonchev–Trinajstić information content (AvgIpc) is 2.89. The number of nitrogens with one attached hydrogen (secondary N) is 1. The topological polar surface area (TPSA) is 54.2 Å². The lowest BCUT2D eigenvalue weighted by Gasteiger charge is -2.22. The summed E-state index contributed by atoms with van der Waals surface area (Å²) in [5.41, 5.74) is 0. The van der Waals surface area contributed by atoms with Gasteiger partial charge in [0.15, 0.2) is 5.82 Å². The SMILES string of the molecule is CCN(Cc1ncon1)CC1CCCN1.